The van der Waals surface area contributed by atoms with Crippen molar-refractivity contribution in [3.63, 3.8) is 0 Å². The molecule has 25 heavy (non-hydrogen) atoms. The second-order valence-corrected chi connectivity index (χ2v) is 6.11. The molecule has 0 radical (unpaired) electrons. The molecule has 0 unspecified atom stereocenters. The van der Waals surface area contributed by atoms with Gasteiger partial charge in [0.1, 0.15) is 0 Å². The summed E-state index contributed by atoms with van der Waals surface area (Å²) in [4.78, 5) is 13.0. The fraction of sp³-hybridized carbons (Fsp3) is 0.0870. The third kappa shape index (κ3) is 4.24. The second kappa shape index (κ2) is 7.63. The third-order valence-corrected chi connectivity index (χ3v) is 4.08. The van der Waals surface area contributed by atoms with E-state index in [-0.39, 0.29) is 5.91 Å². The normalized spacial score (nSPS) is 11.2. The number of benzene rings is 3. The fourth-order valence-corrected chi connectivity index (χ4v) is 2.67. The summed E-state index contributed by atoms with van der Waals surface area (Å²) in [5.41, 5.74) is 5.56. The van der Waals surface area contributed by atoms with Crippen LogP contribution < -0.4 is 5.32 Å². The average Bonchev–Trinajstić information content (AvgIpc) is 2.64. The molecule has 0 atom stereocenters. The van der Waals surface area contributed by atoms with Crippen LogP contribution in [0.25, 0.3) is 11.6 Å². The molecule has 0 aliphatic heterocycles. The quantitative estimate of drug-likeness (QED) is 0.499. The Morgan fingerprint density at radius 3 is 2.16 bits per heavy atom. The van der Waals surface area contributed by atoms with E-state index in [0.717, 1.165) is 27.9 Å². The van der Waals surface area contributed by atoms with Crippen LogP contribution in [0.15, 0.2) is 78.9 Å². The Balaban J connectivity index is 1.98. The van der Waals surface area contributed by atoms with Crippen LogP contribution in [0.5, 0.6) is 0 Å². The molecule has 3 rings (SSSR count). The summed E-state index contributed by atoms with van der Waals surface area (Å²) in [6.45, 7) is 4.02. The first-order valence-electron chi connectivity index (χ1n) is 8.34. The van der Waals surface area contributed by atoms with Crippen LogP contribution in [-0.2, 0) is 4.79 Å². The molecule has 124 valence electrons. The standard InChI is InChI=1S/C23H21NO/c1-17-13-14-18(2)22(15-17)24-23(25)21(20-11-7-4-8-12-20)16-19-9-5-3-6-10-19/h3-16H,1-2H3,(H,24,25)/b21-16+. The van der Waals surface area contributed by atoms with E-state index >= 15 is 0 Å². The molecule has 0 spiro atoms. The molecule has 0 saturated heterocycles. The summed E-state index contributed by atoms with van der Waals surface area (Å²) in [5, 5.41) is 3.06. The van der Waals surface area contributed by atoms with Crippen LogP contribution in [0.1, 0.15) is 22.3 Å². The highest BCUT2D eigenvalue weighted by atomic mass is 16.1. The Labute approximate surface area is 148 Å². The first-order valence-corrected chi connectivity index (χ1v) is 8.34. The van der Waals surface area contributed by atoms with Gasteiger partial charge in [-0.3, -0.25) is 4.79 Å². The van der Waals surface area contributed by atoms with Crippen LogP contribution in [0.3, 0.4) is 0 Å². The summed E-state index contributed by atoms with van der Waals surface area (Å²) in [6, 6.07) is 25.7. The van der Waals surface area contributed by atoms with Crippen molar-refractivity contribution < 1.29 is 4.79 Å². The van der Waals surface area contributed by atoms with E-state index in [4.69, 9.17) is 0 Å². The molecule has 3 aromatic carbocycles. The van der Waals surface area contributed by atoms with E-state index in [0.29, 0.717) is 5.57 Å². The fourth-order valence-electron chi connectivity index (χ4n) is 2.67. The number of amides is 1. The highest BCUT2D eigenvalue weighted by molar-refractivity contribution is 6.29. The van der Waals surface area contributed by atoms with Gasteiger partial charge in [0.15, 0.2) is 0 Å². The van der Waals surface area contributed by atoms with Gasteiger partial charge < -0.3 is 5.32 Å². The minimum Gasteiger partial charge on any atom is -0.322 e. The van der Waals surface area contributed by atoms with Gasteiger partial charge in [-0.2, -0.15) is 0 Å². The molecular weight excluding hydrogens is 306 g/mol. The van der Waals surface area contributed by atoms with E-state index < -0.39 is 0 Å². The lowest BCUT2D eigenvalue weighted by atomic mass is 10.0. The number of rotatable bonds is 4. The van der Waals surface area contributed by atoms with Crippen molar-refractivity contribution in [2.24, 2.45) is 0 Å². The number of anilines is 1. The number of aryl methyl sites for hydroxylation is 2. The molecule has 0 heterocycles. The lowest BCUT2D eigenvalue weighted by Crippen LogP contribution is -2.14. The summed E-state index contributed by atoms with van der Waals surface area (Å²) in [6.07, 6.45) is 1.93. The van der Waals surface area contributed by atoms with Gasteiger partial charge in [-0.25, -0.2) is 0 Å². The molecule has 2 heteroatoms. The van der Waals surface area contributed by atoms with Gasteiger partial charge in [-0.1, -0.05) is 72.8 Å². The van der Waals surface area contributed by atoms with Crippen molar-refractivity contribution in [3.8, 4) is 0 Å². The predicted molar refractivity (Wildman–Crippen MR) is 105 cm³/mol. The zero-order valence-electron chi connectivity index (χ0n) is 14.5. The minimum absolute atomic E-state index is 0.108. The topological polar surface area (TPSA) is 29.1 Å². The first-order chi connectivity index (χ1) is 12.1. The zero-order valence-corrected chi connectivity index (χ0v) is 14.5. The van der Waals surface area contributed by atoms with Gasteiger partial charge >= 0.3 is 0 Å². The molecule has 0 saturated carbocycles. The summed E-state index contributed by atoms with van der Waals surface area (Å²) < 4.78 is 0. The Bertz CT molecular complexity index is 896. The number of hydrogen-bond acceptors (Lipinski definition) is 1. The Morgan fingerprint density at radius 1 is 0.840 bits per heavy atom. The summed E-state index contributed by atoms with van der Waals surface area (Å²) in [5.74, 6) is -0.108. The van der Waals surface area contributed by atoms with E-state index in [1.54, 1.807) is 0 Å². The summed E-state index contributed by atoms with van der Waals surface area (Å²) >= 11 is 0. The lowest BCUT2D eigenvalue weighted by molar-refractivity contribution is -0.111. The smallest absolute Gasteiger partial charge is 0.256 e. The van der Waals surface area contributed by atoms with Gasteiger partial charge in [-0.05, 0) is 48.2 Å². The van der Waals surface area contributed by atoms with Crippen molar-refractivity contribution in [2.75, 3.05) is 5.32 Å². The van der Waals surface area contributed by atoms with Crippen LogP contribution in [0.2, 0.25) is 0 Å². The van der Waals surface area contributed by atoms with E-state index in [2.05, 4.69) is 5.32 Å². The third-order valence-electron chi connectivity index (χ3n) is 4.08. The first kappa shape index (κ1) is 16.7. The molecule has 2 nitrogen and oxygen atoms in total. The maximum atomic E-state index is 13.0. The number of carbonyl (C=O) groups is 1. The Morgan fingerprint density at radius 2 is 1.48 bits per heavy atom. The molecule has 0 fully saturated rings. The number of carbonyl (C=O) groups excluding carboxylic acids is 1. The van der Waals surface area contributed by atoms with Crippen molar-refractivity contribution >= 4 is 23.2 Å². The van der Waals surface area contributed by atoms with Crippen molar-refractivity contribution in [1.29, 1.82) is 0 Å². The largest absolute Gasteiger partial charge is 0.322 e. The monoisotopic (exact) mass is 327 g/mol. The average molecular weight is 327 g/mol. The molecule has 0 aromatic heterocycles. The summed E-state index contributed by atoms with van der Waals surface area (Å²) in [7, 11) is 0. The molecule has 0 aliphatic carbocycles. The minimum atomic E-state index is -0.108. The van der Waals surface area contributed by atoms with Gasteiger partial charge in [0, 0.05) is 11.3 Å². The Kier molecular flexibility index (Phi) is 5.10. The maximum absolute atomic E-state index is 13.0. The van der Waals surface area contributed by atoms with Crippen molar-refractivity contribution in [1.82, 2.24) is 0 Å². The van der Waals surface area contributed by atoms with Crippen molar-refractivity contribution in [2.45, 2.75) is 13.8 Å². The van der Waals surface area contributed by atoms with Crippen molar-refractivity contribution in [3.05, 3.63) is 101 Å². The Hall–Kier alpha value is -3.13. The van der Waals surface area contributed by atoms with Crippen LogP contribution in [0, 0.1) is 13.8 Å². The van der Waals surface area contributed by atoms with Gasteiger partial charge in [0.05, 0.1) is 0 Å². The zero-order chi connectivity index (χ0) is 17.6. The van der Waals surface area contributed by atoms with E-state index in [9.17, 15) is 4.79 Å². The molecule has 0 bridgehead atoms. The molecule has 0 aliphatic rings. The maximum Gasteiger partial charge on any atom is 0.256 e. The van der Waals surface area contributed by atoms with Gasteiger partial charge in [-0.15, -0.1) is 0 Å². The molecular formula is C23H21NO. The van der Waals surface area contributed by atoms with Gasteiger partial charge in [0.2, 0.25) is 0 Å². The SMILES string of the molecule is Cc1ccc(C)c(NC(=O)/C(=C/c2ccccc2)c2ccccc2)c1. The highest BCUT2D eigenvalue weighted by Gasteiger charge is 2.13. The lowest BCUT2D eigenvalue weighted by Gasteiger charge is -2.12. The van der Waals surface area contributed by atoms with E-state index in [1.807, 2.05) is 98.8 Å². The highest BCUT2D eigenvalue weighted by Crippen LogP contribution is 2.22. The predicted octanol–water partition coefficient (Wildman–Crippen LogP) is 5.48. The van der Waals surface area contributed by atoms with Gasteiger partial charge in [0.25, 0.3) is 5.91 Å². The van der Waals surface area contributed by atoms with E-state index in [1.165, 1.54) is 0 Å². The number of nitrogens with one attached hydrogen (secondary N) is 1. The molecule has 1 N–H and O–H groups in total. The molecule has 1 amide bonds. The number of hydrogen-bond donors (Lipinski definition) is 1. The second-order valence-electron chi connectivity index (χ2n) is 6.11. The molecule has 3 aromatic rings. The van der Waals surface area contributed by atoms with Crippen LogP contribution in [-0.4, -0.2) is 5.91 Å². The van der Waals surface area contributed by atoms with Crippen LogP contribution in [0.4, 0.5) is 5.69 Å². The van der Waals surface area contributed by atoms with Crippen LogP contribution >= 0.6 is 0 Å².